The summed E-state index contributed by atoms with van der Waals surface area (Å²) in [4.78, 5) is 15.1. The van der Waals surface area contributed by atoms with Crippen molar-refractivity contribution in [2.24, 2.45) is 0 Å². The third kappa shape index (κ3) is 5.14. The molecule has 3 rings (SSSR count). The molecule has 2 aromatic rings. The zero-order valence-corrected chi connectivity index (χ0v) is 16.0. The highest BCUT2D eigenvalue weighted by molar-refractivity contribution is 9.10. The molecule has 0 radical (unpaired) electrons. The van der Waals surface area contributed by atoms with Gasteiger partial charge >= 0.3 is 0 Å². The lowest BCUT2D eigenvalue weighted by Crippen LogP contribution is -2.43. The summed E-state index contributed by atoms with van der Waals surface area (Å²) in [5, 5.41) is 3.20. The highest BCUT2D eigenvalue weighted by atomic mass is 79.9. The van der Waals surface area contributed by atoms with Crippen molar-refractivity contribution >= 4 is 21.8 Å². The molecule has 1 saturated heterocycles. The molecule has 0 bridgehead atoms. The Morgan fingerprint density at radius 2 is 1.92 bits per heavy atom. The minimum absolute atomic E-state index is 0.0508. The molecule has 1 heterocycles. The molecular weight excluding hydrogens is 380 g/mol. The first-order valence-corrected chi connectivity index (χ1v) is 9.34. The predicted molar refractivity (Wildman–Crippen MR) is 103 cm³/mol. The normalized spacial score (nSPS) is 16.4. The Labute approximate surface area is 157 Å². The highest BCUT2D eigenvalue weighted by Crippen LogP contribution is 2.18. The molecule has 1 aliphatic heterocycles. The molecule has 1 fully saturated rings. The molecular formula is C20H23BrN2O2. The first kappa shape index (κ1) is 18.1. The summed E-state index contributed by atoms with van der Waals surface area (Å²) in [5.74, 6) is -0.0554. The molecule has 0 spiro atoms. The van der Waals surface area contributed by atoms with Gasteiger partial charge in [-0.1, -0.05) is 51.8 Å². The maximum Gasteiger partial charge on any atom is 0.251 e. The number of nitrogens with zero attached hydrogens (tertiary/aromatic N) is 1. The van der Waals surface area contributed by atoms with Crippen LogP contribution < -0.4 is 5.32 Å². The van der Waals surface area contributed by atoms with Crippen LogP contribution in [-0.4, -0.2) is 43.7 Å². The van der Waals surface area contributed by atoms with Gasteiger partial charge in [0, 0.05) is 29.7 Å². The van der Waals surface area contributed by atoms with Crippen LogP contribution in [0.5, 0.6) is 0 Å². The van der Waals surface area contributed by atoms with Crippen LogP contribution in [0.25, 0.3) is 0 Å². The van der Waals surface area contributed by atoms with E-state index in [2.05, 4.69) is 57.3 Å². The summed E-state index contributed by atoms with van der Waals surface area (Å²) >= 11 is 3.43. The fraction of sp³-hybridized carbons (Fsp3) is 0.350. The number of carbonyl (C=O) groups excluding carboxylic acids is 1. The Hall–Kier alpha value is -1.69. The minimum Gasteiger partial charge on any atom is -0.379 e. The fourth-order valence-corrected chi connectivity index (χ4v) is 3.35. The van der Waals surface area contributed by atoms with Crippen molar-refractivity contribution in [3.05, 3.63) is 69.7 Å². The molecule has 2 aromatic carbocycles. The van der Waals surface area contributed by atoms with E-state index in [0.717, 1.165) is 42.9 Å². The molecule has 5 heteroatoms. The zero-order valence-electron chi connectivity index (χ0n) is 14.4. The van der Waals surface area contributed by atoms with Crippen molar-refractivity contribution < 1.29 is 9.53 Å². The number of halogens is 1. The van der Waals surface area contributed by atoms with Gasteiger partial charge in [-0.05, 0) is 30.7 Å². The van der Waals surface area contributed by atoms with Crippen LogP contribution in [-0.2, 0) is 4.74 Å². The van der Waals surface area contributed by atoms with E-state index in [1.165, 1.54) is 5.56 Å². The van der Waals surface area contributed by atoms with E-state index >= 15 is 0 Å². The van der Waals surface area contributed by atoms with Crippen LogP contribution in [0, 0.1) is 6.92 Å². The second kappa shape index (κ2) is 8.61. The van der Waals surface area contributed by atoms with Crippen LogP contribution in [0.3, 0.4) is 0 Å². The number of benzene rings is 2. The van der Waals surface area contributed by atoms with Gasteiger partial charge in [0.2, 0.25) is 0 Å². The van der Waals surface area contributed by atoms with Crippen molar-refractivity contribution in [1.82, 2.24) is 10.2 Å². The van der Waals surface area contributed by atoms with Crippen LogP contribution in [0.4, 0.5) is 0 Å². The van der Waals surface area contributed by atoms with E-state index in [9.17, 15) is 4.79 Å². The quantitative estimate of drug-likeness (QED) is 0.830. The smallest absolute Gasteiger partial charge is 0.251 e. The van der Waals surface area contributed by atoms with E-state index in [4.69, 9.17) is 4.74 Å². The molecule has 1 amide bonds. The van der Waals surface area contributed by atoms with Gasteiger partial charge in [0.15, 0.2) is 0 Å². The number of hydrogen-bond donors (Lipinski definition) is 1. The van der Waals surface area contributed by atoms with Crippen molar-refractivity contribution in [2.75, 3.05) is 32.8 Å². The van der Waals surface area contributed by atoms with Gasteiger partial charge in [0.1, 0.15) is 0 Å². The predicted octanol–water partition coefficient (Wildman–Crippen LogP) is 3.56. The summed E-state index contributed by atoms with van der Waals surface area (Å²) in [5.41, 5.74) is 3.00. The third-order valence-electron chi connectivity index (χ3n) is 4.42. The van der Waals surface area contributed by atoms with Crippen LogP contribution in [0.15, 0.2) is 53.0 Å². The summed E-state index contributed by atoms with van der Waals surface area (Å²) in [6.07, 6.45) is 0. The molecule has 0 aliphatic carbocycles. The van der Waals surface area contributed by atoms with E-state index in [0.29, 0.717) is 5.56 Å². The zero-order chi connectivity index (χ0) is 17.6. The van der Waals surface area contributed by atoms with Crippen LogP contribution >= 0.6 is 15.9 Å². The maximum absolute atomic E-state index is 12.7. The Balaban J connectivity index is 1.77. The number of aryl methyl sites for hydroxylation is 1. The standard InChI is InChI=1S/C20H23BrN2O2/c1-15-5-7-16(8-6-15)19(14-23-9-11-25-12-10-23)22-20(24)17-3-2-4-18(21)13-17/h2-8,13,19H,9-12,14H2,1H3,(H,22,24). The number of hydrogen-bond acceptors (Lipinski definition) is 3. The monoisotopic (exact) mass is 402 g/mol. The number of ether oxygens (including phenoxy) is 1. The van der Waals surface area contributed by atoms with E-state index in [1.807, 2.05) is 24.3 Å². The molecule has 1 atom stereocenters. The van der Waals surface area contributed by atoms with Gasteiger partial charge in [0.05, 0.1) is 19.3 Å². The second-order valence-corrected chi connectivity index (χ2v) is 7.28. The Bertz CT molecular complexity index is 712. The molecule has 132 valence electrons. The molecule has 25 heavy (non-hydrogen) atoms. The van der Waals surface area contributed by atoms with E-state index < -0.39 is 0 Å². The average Bonchev–Trinajstić information content (AvgIpc) is 2.62. The number of rotatable bonds is 5. The highest BCUT2D eigenvalue weighted by Gasteiger charge is 2.20. The van der Waals surface area contributed by atoms with Gasteiger partial charge in [-0.25, -0.2) is 0 Å². The number of amides is 1. The molecule has 0 saturated carbocycles. The summed E-state index contributed by atoms with van der Waals surface area (Å²) in [6.45, 7) is 6.15. The number of nitrogens with one attached hydrogen (secondary N) is 1. The minimum atomic E-state index is -0.0554. The molecule has 0 aromatic heterocycles. The Kier molecular flexibility index (Phi) is 6.24. The van der Waals surface area contributed by atoms with Crippen molar-refractivity contribution in [1.29, 1.82) is 0 Å². The second-order valence-electron chi connectivity index (χ2n) is 6.36. The first-order chi connectivity index (χ1) is 12.1. The van der Waals surface area contributed by atoms with Gasteiger partial charge in [-0.3, -0.25) is 9.69 Å². The maximum atomic E-state index is 12.7. The van der Waals surface area contributed by atoms with Gasteiger partial charge in [-0.15, -0.1) is 0 Å². The van der Waals surface area contributed by atoms with Crippen molar-refractivity contribution in [3.8, 4) is 0 Å². The number of morpholine rings is 1. The topological polar surface area (TPSA) is 41.6 Å². The lowest BCUT2D eigenvalue weighted by molar-refractivity contribution is 0.0332. The van der Waals surface area contributed by atoms with Gasteiger partial charge in [-0.2, -0.15) is 0 Å². The summed E-state index contributed by atoms with van der Waals surface area (Å²) in [7, 11) is 0. The largest absolute Gasteiger partial charge is 0.379 e. The Morgan fingerprint density at radius 1 is 1.20 bits per heavy atom. The Morgan fingerprint density at radius 3 is 2.60 bits per heavy atom. The molecule has 1 aliphatic rings. The molecule has 1 N–H and O–H groups in total. The summed E-state index contributed by atoms with van der Waals surface area (Å²) < 4.78 is 6.34. The summed E-state index contributed by atoms with van der Waals surface area (Å²) in [6, 6.07) is 15.8. The first-order valence-electron chi connectivity index (χ1n) is 8.55. The lowest BCUT2D eigenvalue weighted by atomic mass is 10.0. The lowest BCUT2D eigenvalue weighted by Gasteiger charge is -2.31. The van der Waals surface area contributed by atoms with E-state index in [-0.39, 0.29) is 11.9 Å². The average molecular weight is 403 g/mol. The third-order valence-corrected chi connectivity index (χ3v) is 4.91. The van der Waals surface area contributed by atoms with Crippen molar-refractivity contribution in [3.63, 3.8) is 0 Å². The molecule has 4 nitrogen and oxygen atoms in total. The number of carbonyl (C=O) groups is 1. The van der Waals surface area contributed by atoms with Crippen LogP contribution in [0.1, 0.15) is 27.5 Å². The molecule has 1 unspecified atom stereocenters. The van der Waals surface area contributed by atoms with Crippen LogP contribution in [0.2, 0.25) is 0 Å². The van der Waals surface area contributed by atoms with Gasteiger partial charge < -0.3 is 10.1 Å². The van der Waals surface area contributed by atoms with Gasteiger partial charge in [0.25, 0.3) is 5.91 Å². The van der Waals surface area contributed by atoms with E-state index in [1.54, 1.807) is 0 Å². The fourth-order valence-electron chi connectivity index (χ4n) is 2.95. The van der Waals surface area contributed by atoms with Crippen molar-refractivity contribution in [2.45, 2.75) is 13.0 Å². The SMILES string of the molecule is Cc1ccc(C(CN2CCOCC2)NC(=O)c2cccc(Br)c2)cc1.